The largest absolute Gasteiger partial charge is 0.481 e. The van der Waals surface area contributed by atoms with Crippen molar-refractivity contribution in [3.05, 3.63) is 59.6 Å². The Hall–Kier alpha value is -2.86. The molecule has 2 aromatic carbocycles. The number of aromatic nitrogens is 2. The molecule has 0 bridgehead atoms. The molecule has 0 spiro atoms. The van der Waals surface area contributed by atoms with Crippen LogP contribution >= 0.6 is 11.6 Å². The van der Waals surface area contributed by atoms with Gasteiger partial charge in [0.15, 0.2) is 11.8 Å². The second-order valence-electron chi connectivity index (χ2n) is 5.03. The number of carbonyl (C=O) groups is 1. The lowest BCUT2D eigenvalue weighted by Gasteiger charge is -2.14. The van der Waals surface area contributed by atoms with Crippen LogP contribution in [-0.2, 0) is 4.79 Å². The maximum atomic E-state index is 12.3. The normalized spacial score (nSPS) is 11.8. The lowest BCUT2D eigenvalue weighted by atomic mass is 10.1. The summed E-state index contributed by atoms with van der Waals surface area (Å²) in [6, 6.07) is 16.1. The molecule has 0 aliphatic heterocycles. The Morgan fingerprint density at radius 1 is 1.17 bits per heavy atom. The standard InChI is InChI=1S/C17H14ClN3O3/c1-11(23-14-9-5-8-13(18)10-14)17(22)19-16-15(20-24-21-16)12-6-3-2-4-7-12/h2-11H,1H3,(H,19,21,22)/t11-/m1/s1. The van der Waals surface area contributed by atoms with Crippen molar-refractivity contribution in [3.8, 4) is 17.0 Å². The zero-order chi connectivity index (χ0) is 16.9. The van der Waals surface area contributed by atoms with Crippen molar-refractivity contribution in [2.24, 2.45) is 0 Å². The first-order valence-corrected chi connectivity index (χ1v) is 7.62. The Kier molecular flexibility index (Phi) is 4.77. The lowest BCUT2D eigenvalue weighted by Crippen LogP contribution is -2.30. The fourth-order valence-electron chi connectivity index (χ4n) is 2.07. The number of nitrogens with one attached hydrogen (secondary N) is 1. The van der Waals surface area contributed by atoms with Crippen LogP contribution < -0.4 is 10.1 Å². The molecule has 1 N–H and O–H groups in total. The molecule has 0 aliphatic rings. The summed E-state index contributed by atoms with van der Waals surface area (Å²) in [6.07, 6.45) is -0.746. The molecule has 0 aliphatic carbocycles. The predicted molar refractivity (Wildman–Crippen MR) is 89.9 cm³/mol. The summed E-state index contributed by atoms with van der Waals surface area (Å²) in [5.74, 6) is 0.377. The highest BCUT2D eigenvalue weighted by atomic mass is 35.5. The van der Waals surface area contributed by atoms with Crippen molar-refractivity contribution in [2.45, 2.75) is 13.0 Å². The summed E-state index contributed by atoms with van der Waals surface area (Å²) in [4.78, 5) is 12.3. The van der Waals surface area contributed by atoms with Crippen molar-refractivity contribution >= 4 is 23.3 Å². The molecule has 7 heteroatoms. The van der Waals surface area contributed by atoms with Gasteiger partial charge in [0.25, 0.3) is 5.91 Å². The number of nitrogens with zero attached hydrogens (tertiary/aromatic N) is 2. The topological polar surface area (TPSA) is 77.2 Å². The molecule has 0 unspecified atom stereocenters. The van der Waals surface area contributed by atoms with E-state index in [0.717, 1.165) is 5.56 Å². The van der Waals surface area contributed by atoms with Gasteiger partial charge in [-0.25, -0.2) is 4.63 Å². The zero-order valence-electron chi connectivity index (χ0n) is 12.8. The van der Waals surface area contributed by atoms with Gasteiger partial charge in [0.05, 0.1) is 0 Å². The van der Waals surface area contributed by atoms with Crippen LogP contribution in [0.15, 0.2) is 59.2 Å². The van der Waals surface area contributed by atoms with Crippen molar-refractivity contribution < 1.29 is 14.2 Å². The van der Waals surface area contributed by atoms with Crippen LogP contribution in [0.2, 0.25) is 5.02 Å². The molecule has 1 heterocycles. The Balaban J connectivity index is 1.70. The molecule has 1 amide bonds. The summed E-state index contributed by atoms with van der Waals surface area (Å²) in [5.41, 5.74) is 1.25. The summed E-state index contributed by atoms with van der Waals surface area (Å²) in [7, 11) is 0. The molecular weight excluding hydrogens is 330 g/mol. The third-order valence-electron chi connectivity index (χ3n) is 3.26. The van der Waals surface area contributed by atoms with Crippen LogP contribution in [-0.4, -0.2) is 22.3 Å². The summed E-state index contributed by atoms with van der Waals surface area (Å²) >= 11 is 5.90. The third-order valence-corrected chi connectivity index (χ3v) is 3.49. The van der Waals surface area contributed by atoms with E-state index in [0.29, 0.717) is 16.5 Å². The van der Waals surface area contributed by atoms with E-state index in [-0.39, 0.29) is 11.7 Å². The number of rotatable bonds is 5. The second-order valence-corrected chi connectivity index (χ2v) is 5.47. The van der Waals surface area contributed by atoms with Crippen LogP contribution in [0.4, 0.5) is 5.82 Å². The molecule has 3 aromatic rings. The van der Waals surface area contributed by atoms with Crippen molar-refractivity contribution in [2.75, 3.05) is 5.32 Å². The smallest absolute Gasteiger partial charge is 0.266 e. The van der Waals surface area contributed by atoms with Crippen LogP contribution in [0.5, 0.6) is 5.75 Å². The molecule has 0 fully saturated rings. The molecule has 0 saturated heterocycles. The Morgan fingerprint density at radius 2 is 1.96 bits per heavy atom. The summed E-state index contributed by atoms with van der Waals surface area (Å²) < 4.78 is 10.3. The van der Waals surface area contributed by atoms with Gasteiger partial charge < -0.3 is 10.1 Å². The van der Waals surface area contributed by atoms with E-state index < -0.39 is 6.10 Å². The molecule has 1 aromatic heterocycles. The first-order chi connectivity index (χ1) is 11.6. The number of hydrogen-bond acceptors (Lipinski definition) is 5. The van der Waals surface area contributed by atoms with E-state index in [1.54, 1.807) is 31.2 Å². The molecule has 3 rings (SSSR count). The predicted octanol–water partition coefficient (Wildman–Crippen LogP) is 3.80. The van der Waals surface area contributed by atoms with E-state index >= 15 is 0 Å². The molecule has 6 nitrogen and oxygen atoms in total. The number of hydrogen-bond donors (Lipinski definition) is 1. The van der Waals surface area contributed by atoms with Gasteiger partial charge in [-0.15, -0.1) is 0 Å². The number of carbonyl (C=O) groups excluding carboxylic acids is 1. The third kappa shape index (κ3) is 3.72. The minimum absolute atomic E-state index is 0.243. The number of amides is 1. The molecule has 0 saturated carbocycles. The van der Waals surface area contributed by atoms with E-state index in [2.05, 4.69) is 15.6 Å². The van der Waals surface area contributed by atoms with E-state index in [1.807, 2.05) is 30.3 Å². The minimum Gasteiger partial charge on any atom is -0.481 e. The van der Waals surface area contributed by atoms with Crippen molar-refractivity contribution in [1.29, 1.82) is 0 Å². The highest BCUT2D eigenvalue weighted by Gasteiger charge is 2.20. The van der Waals surface area contributed by atoms with Crippen molar-refractivity contribution in [3.63, 3.8) is 0 Å². The Labute approximate surface area is 143 Å². The first kappa shape index (κ1) is 16.0. The summed E-state index contributed by atoms with van der Waals surface area (Å²) in [6.45, 7) is 1.63. The van der Waals surface area contributed by atoms with Gasteiger partial charge in [-0.1, -0.05) is 48.0 Å². The highest BCUT2D eigenvalue weighted by molar-refractivity contribution is 6.30. The quantitative estimate of drug-likeness (QED) is 0.762. The van der Waals surface area contributed by atoms with E-state index in [9.17, 15) is 4.79 Å². The second kappa shape index (κ2) is 7.14. The van der Waals surface area contributed by atoms with Crippen LogP contribution in [0, 0.1) is 0 Å². The number of ether oxygens (including phenoxy) is 1. The van der Waals surface area contributed by atoms with Crippen LogP contribution in [0.1, 0.15) is 6.92 Å². The summed E-state index contributed by atoms with van der Waals surface area (Å²) in [5, 5.41) is 10.8. The Morgan fingerprint density at radius 3 is 2.71 bits per heavy atom. The van der Waals surface area contributed by atoms with Gasteiger partial charge >= 0.3 is 0 Å². The van der Waals surface area contributed by atoms with Gasteiger partial charge in [0, 0.05) is 10.6 Å². The maximum absolute atomic E-state index is 12.3. The molecule has 24 heavy (non-hydrogen) atoms. The van der Waals surface area contributed by atoms with Crippen LogP contribution in [0.3, 0.4) is 0 Å². The zero-order valence-corrected chi connectivity index (χ0v) is 13.5. The SMILES string of the molecule is C[C@@H](Oc1cccc(Cl)c1)C(=O)Nc1nonc1-c1ccccc1. The first-order valence-electron chi connectivity index (χ1n) is 7.24. The Bertz CT molecular complexity index is 836. The fourth-order valence-corrected chi connectivity index (χ4v) is 2.25. The van der Waals surface area contributed by atoms with E-state index in [4.69, 9.17) is 21.0 Å². The van der Waals surface area contributed by atoms with Gasteiger partial charge in [0.2, 0.25) is 5.82 Å². The maximum Gasteiger partial charge on any atom is 0.266 e. The van der Waals surface area contributed by atoms with Gasteiger partial charge in [-0.2, -0.15) is 0 Å². The van der Waals surface area contributed by atoms with Gasteiger partial charge in [0.1, 0.15) is 5.75 Å². The van der Waals surface area contributed by atoms with Crippen molar-refractivity contribution in [1.82, 2.24) is 10.3 Å². The molecule has 122 valence electrons. The number of halogens is 1. The van der Waals surface area contributed by atoms with Gasteiger partial charge in [-0.05, 0) is 35.4 Å². The minimum atomic E-state index is -0.746. The average Bonchev–Trinajstić information content (AvgIpc) is 3.03. The highest BCUT2D eigenvalue weighted by Crippen LogP contribution is 2.24. The fraction of sp³-hybridized carbons (Fsp3) is 0.118. The lowest BCUT2D eigenvalue weighted by molar-refractivity contribution is -0.122. The number of anilines is 1. The van der Waals surface area contributed by atoms with E-state index in [1.165, 1.54) is 0 Å². The number of benzene rings is 2. The molecular formula is C17H14ClN3O3. The molecule has 0 radical (unpaired) electrons. The average molecular weight is 344 g/mol. The van der Waals surface area contributed by atoms with Crippen LogP contribution in [0.25, 0.3) is 11.3 Å². The monoisotopic (exact) mass is 343 g/mol. The van der Waals surface area contributed by atoms with Gasteiger partial charge in [-0.3, -0.25) is 4.79 Å². The molecule has 1 atom stereocenters.